The summed E-state index contributed by atoms with van der Waals surface area (Å²) in [5.74, 6) is 0.902. The van der Waals surface area contributed by atoms with Gasteiger partial charge in [-0.25, -0.2) is 0 Å². The van der Waals surface area contributed by atoms with Crippen molar-refractivity contribution in [3.8, 4) is 5.75 Å². The molecule has 106 valence electrons. The van der Waals surface area contributed by atoms with Crippen molar-refractivity contribution in [3.05, 3.63) is 29.8 Å². The Morgan fingerprint density at radius 3 is 2.79 bits per heavy atom. The number of hydrogen-bond donors (Lipinski definition) is 1. The highest BCUT2D eigenvalue weighted by atomic mass is 16.5. The zero-order chi connectivity index (χ0) is 13.7. The van der Waals surface area contributed by atoms with E-state index < -0.39 is 0 Å². The average Bonchev–Trinajstić information content (AvgIpc) is 2.39. The van der Waals surface area contributed by atoms with E-state index in [1.54, 1.807) is 7.11 Å². The van der Waals surface area contributed by atoms with Crippen LogP contribution in [-0.4, -0.2) is 44.4 Å². The van der Waals surface area contributed by atoms with Crippen LogP contribution in [0.25, 0.3) is 0 Å². The van der Waals surface area contributed by atoms with Gasteiger partial charge in [0.2, 0.25) is 0 Å². The quantitative estimate of drug-likeness (QED) is 0.878. The highest BCUT2D eigenvalue weighted by Gasteiger charge is 2.29. The van der Waals surface area contributed by atoms with E-state index in [0.717, 1.165) is 44.9 Å². The molecule has 0 saturated carbocycles. The fourth-order valence-electron chi connectivity index (χ4n) is 2.61. The van der Waals surface area contributed by atoms with Crippen LogP contribution in [0, 0.1) is 0 Å². The third kappa shape index (κ3) is 4.20. The second-order valence-electron chi connectivity index (χ2n) is 5.50. The molecule has 1 aliphatic heterocycles. The molecule has 0 spiro atoms. The van der Waals surface area contributed by atoms with Crippen molar-refractivity contribution in [3.63, 3.8) is 0 Å². The fraction of sp³-hybridized carbons (Fsp3) is 0.600. The minimum absolute atomic E-state index is 0.105. The Hall–Kier alpha value is -1.10. The van der Waals surface area contributed by atoms with Gasteiger partial charge in [0, 0.05) is 31.8 Å². The Morgan fingerprint density at radius 1 is 1.37 bits per heavy atom. The molecule has 0 atom stereocenters. The number of methoxy groups -OCH3 is 1. The standard InChI is InChI=1S/C15H24N2O2/c1-17(12-15(16)6-8-19-9-7-15)11-13-4-3-5-14(10-13)18-2/h3-5,10H,6-9,11-12,16H2,1-2H3. The van der Waals surface area contributed by atoms with E-state index in [4.69, 9.17) is 15.2 Å². The molecule has 1 saturated heterocycles. The Kier molecular flexibility index (Phi) is 4.80. The van der Waals surface area contributed by atoms with Crippen LogP contribution in [0.3, 0.4) is 0 Å². The molecule has 19 heavy (non-hydrogen) atoms. The first-order valence-electron chi connectivity index (χ1n) is 6.79. The van der Waals surface area contributed by atoms with Gasteiger partial charge in [0.05, 0.1) is 7.11 Å². The molecule has 2 N–H and O–H groups in total. The van der Waals surface area contributed by atoms with Crippen LogP contribution in [0.1, 0.15) is 18.4 Å². The van der Waals surface area contributed by atoms with Gasteiger partial charge >= 0.3 is 0 Å². The Bertz CT molecular complexity index is 403. The van der Waals surface area contributed by atoms with E-state index in [-0.39, 0.29) is 5.54 Å². The van der Waals surface area contributed by atoms with Gasteiger partial charge in [-0.2, -0.15) is 0 Å². The van der Waals surface area contributed by atoms with Crippen LogP contribution < -0.4 is 10.5 Å². The predicted molar refractivity (Wildman–Crippen MR) is 76.3 cm³/mol. The van der Waals surface area contributed by atoms with Gasteiger partial charge in [-0.05, 0) is 37.6 Å². The van der Waals surface area contributed by atoms with Crippen LogP contribution in [-0.2, 0) is 11.3 Å². The number of rotatable bonds is 5. The fourth-order valence-corrected chi connectivity index (χ4v) is 2.61. The predicted octanol–water partition coefficient (Wildman–Crippen LogP) is 1.63. The van der Waals surface area contributed by atoms with Gasteiger partial charge in [0.1, 0.15) is 5.75 Å². The molecule has 0 aliphatic carbocycles. The summed E-state index contributed by atoms with van der Waals surface area (Å²) in [7, 11) is 3.81. The van der Waals surface area contributed by atoms with Crippen LogP contribution in [0.5, 0.6) is 5.75 Å². The van der Waals surface area contributed by atoms with Crippen LogP contribution >= 0.6 is 0 Å². The molecule has 0 unspecified atom stereocenters. The van der Waals surface area contributed by atoms with Crippen molar-refractivity contribution < 1.29 is 9.47 Å². The maximum Gasteiger partial charge on any atom is 0.119 e. The summed E-state index contributed by atoms with van der Waals surface area (Å²) in [6, 6.07) is 8.18. The van der Waals surface area contributed by atoms with Gasteiger partial charge in [0.25, 0.3) is 0 Å². The second kappa shape index (κ2) is 6.37. The summed E-state index contributed by atoms with van der Waals surface area (Å²) in [6.45, 7) is 3.34. The molecule has 0 amide bonds. The minimum atomic E-state index is -0.105. The molecule has 1 aromatic rings. The maximum atomic E-state index is 6.42. The van der Waals surface area contributed by atoms with Crippen LogP contribution in [0.2, 0.25) is 0 Å². The average molecular weight is 264 g/mol. The number of hydrogen-bond acceptors (Lipinski definition) is 4. The molecule has 0 bridgehead atoms. The molecule has 4 nitrogen and oxygen atoms in total. The lowest BCUT2D eigenvalue weighted by Crippen LogP contribution is -2.52. The van der Waals surface area contributed by atoms with Crippen molar-refractivity contribution in [2.24, 2.45) is 5.73 Å². The number of benzene rings is 1. The Balaban J connectivity index is 1.91. The lowest BCUT2D eigenvalue weighted by atomic mass is 9.91. The van der Waals surface area contributed by atoms with Crippen molar-refractivity contribution in [2.45, 2.75) is 24.9 Å². The van der Waals surface area contributed by atoms with E-state index in [1.807, 2.05) is 12.1 Å². The van der Waals surface area contributed by atoms with Gasteiger partial charge < -0.3 is 20.1 Å². The highest BCUT2D eigenvalue weighted by molar-refractivity contribution is 5.28. The van der Waals surface area contributed by atoms with Gasteiger partial charge in [-0.1, -0.05) is 12.1 Å². The van der Waals surface area contributed by atoms with Gasteiger partial charge in [0.15, 0.2) is 0 Å². The topological polar surface area (TPSA) is 47.7 Å². The molecular formula is C15H24N2O2. The Labute approximate surface area is 115 Å². The largest absolute Gasteiger partial charge is 0.497 e. The van der Waals surface area contributed by atoms with Crippen molar-refractivity contribution in [1.29, 1.82) is 0 Å². The molecule has 1 aliphatic rings. The van der Waals surface area contributed by atoms with Crippen LogP contribution in [0.4, 0.5) is 0 Å². The second-order valence-corrected chi connectivity index (χ2v) is 5.50. The van der Waals surface area contributed by atoms with Gasteiger partial charge in [-0.15, -0.1) is 0 Å². The van der Waals surface area contributed by atoms with E-state index >= 15 is 0 Å². The molecule has 1 fully saturated rings. The molecule has 1 heterocycles. The summed E-state index contributed by atoms with van der Waals surface area (Å²) in [4.78, 5) is 2.28. The summed E-state index contributed by atoms with van der Waals surface area (Å²) in [5.41, 5.74) is 7.57. The Morgan fingerprint density at radius 2 is 2.11 bits per heavy atom. The molecule has 0 aromatic heterocycles. The number of ether oxygens (including phenoxy) is 2. The van der Waals surface area contributed by atoms with Gasteiger partial charge in [-0.3, -0.25) is 0 Å². The third-order valence-electron chi connectivity index (χ3n) is 3.66. The summed E-state index contributed by atoms with van der Waals surface area (Å²) < 4.78 is 10.6. The lowest BCUT2D eigenvalue weighted by molar-refractivity contribution is 0.0402. The molecule has 0 radical (unpaired) electrons. The lowest BCUT2D eigenvalue weighted by Gasteiger charge is -2.36. The SMILES string of the molecule is COc1cccc(CN(C)CC2(N)CCOCC2)c1. The van der Waals surface area contributed by atoms with Crippen molar-refractivity contribution in [1.82, 2.24) is 4.90 Å². The molecule has 2 rings (SSSR count). The molecule has 1 aromatic carbocycles. The minimum Gasteiger partial charge on any atom is -0.497 e. The first-order valence-corrected chi connectivity index (χ1v) is 6.79. The smallest absolute Gasteiger partial charge is 0.119 e. The van der Waals surface area contributed by atoms with E-state index in [2.05, 4.69) is 24.1 Å². The van der Waals surface area contributed by atoms with Crippen molar-refractivity contribution >= 4 is 0 Å². The third-order valence-corrected chi connectivity index (χ3v) is 3.66. The number of nitrogens with zero attached hydrogens (tertiary/aromatic N) is 1. The molecular weight excluding hydrogens is 240 g/mol. The summed E-state index contributed by atoms with van der Waals surface area (Å²) in [6.07, 6.45) is 1.88. The molecule has 4 heteroatoms. The van der Waals surface area contributed by atoms with E-state index in [9.17, 15) is 0 Å². The van der Waals surface area contributed by atoms with E-state index in [1.165, 1.54) is 5.56 Å². The highest BCUT2D eigenvalue weighted by Crippen LogP contribution is 2.20. The van der Waals surface area contributed by atoms with E-state index in [0.29, 0.717) is 0 Å². The zero-order valence-corrected chi connectivity index (χ0v) is 11.9. The number of nitrogens with two attached hydrogens (primary N) is 1. The summed E-state index contributed by atoms with van der Waals surface area (Å²) in [5, 5.41) is 0. The van der Waals surface area contributed by atoms with Crippen molar-refractivity contribution in [2.75, 3.05) is 33.9 Å². The monoisotopic (exact) mass is 264 g/mol. The first kappa shape index (κ1) is 14.3. The van der Waals surface area contributed by atoms with Crippen LogP contribution in [0.15, 0.2) is 24.3 Å². The summed E-state index contributed by atoms with van der Waals surface area (Å²) >= 11 is 0. The maximum absolute atomic E-state index is 6.42. The zero-order valence-electron chi connectivity index (χ0n) is 11.9. The first-order chi connectivity index (χ1) is 9.11. The number of likely N-dealkylation sites (N-methyl/N-ethyl adjacent to an activating group) is 1. The normalized spacial score (nSPS) is 18.5.